The second-order valence-electron chi connectivity index (χ2n) is 4.11. The number of aromatic nitrogens is 6. The van der Waals surface area contributed by atoms with Gasteiger partial charge in [-0.15, -0.1) is 5.10 Å². The Morgan fingerprint density at radius 3 is 2.70 bits per heavy atom. The fraction of sp³-hybridized carbons (Fsp3) is 0.154. The molecular weight excluding hydrogens is 256 g/mol. The Hall–Kier alpha value is -2.83. The van der Waals surface area contributed by atoms with Crippen molar-refractivity contribution in [2.75, 3.05) is 0 Å². The molecule has 0 saturated carbocycles. The van der Waals surface area contributed by atoms with Crippen LogP contribution in [0.1, 0.15) is 12.7 Å². The van der Waals surface area contributed by atoms with Gasteiger partial charge in [-0.05, 0) is 0 Å². The molecule has 0 amide bonds. The van der Waals surface area contributed by atoms with Crippen molar-refractivity contribution in [3.63, 3.8) is 0 Å². The van der Waals surface area contributed by atoms with Crippen molar-refractivity contribution >= 4 is 6.03 Å². The van der Waals surface area contributed by atoms with Gasteiger partial charge in [-0.3, -0.25) is 0 Å². The van der Waals surface area contributed by atoms with Gasteiger partial charge in [0.15, 0.2) is 5.82 Å². The van der Waals surface area contributed by atoms with E-state index in [0.29, 0.717) is 18.1 Å². The molecule has 3 rings (SSSR count). The van der Waals surface area contributed by atoms with Crippen molar-refractivity contribution in [3.05, 3.63) is 48.8 Å². The Morgan fingerprint density at radius 2 is 2.05 bits per heavy atom. The minimum atomic E-state index is -0.394. The SMILES string of the molecule is CCc1nc(-c2ccccc2)nn1C(=O)n1cncn1. The van der Waals surface area contributed by atoms with E-state index in [0.717, 1.165) is 10.2 Å². The topological polar surface area (TPSA) is 78.5 Å². The highest BCUT2D eigenvalue weighted by molar-refractivity contribution is 5.78. The van der Waals surface area contributed by atoms with E-state index in [9.17, 15) is 4.79 Å². The molecule has 7 nitrogen and oxygen atoms in total. The molecule has 0 atom stereocenters. The fourth-order valence-corrected chi connectivity index (χ4v) is 1.84. The van der Waals surface area contributed by atoms with Crippen LogP contribution < -0.4 is 0 Å². The van der Waals surface area contributed by atoms with Crippen LogP contribution in [-0.2, 0) is 6.42 Å². The van der Waals surface area contributed by atoms with E-state index in [1.165, 1.54) is 17.3 Å². The molecule has 0 fully saturated rings. The summed E-state index contributed by atoms with van der Waals surface area (Å²) in [6.07, 6.45) is 3.24. The monoisotopic (exact) mass is 268 g/mol. The van der Waals surface area contributed by atoms with Crippen LogP contribution in [0.2, 0.25) is 0 Å². The first-order valence-electron chi connectivity index (χ1n) is 6.20. The van der Waals surface area contributed by atoms with Gasteiger partial charge in [-0.2, -0.15) is 14.5 Å². The van der Waals surface area contributed by atoms with Crippen LogP contribution in [-0.4, -0.2) is 35.6 Å². The number of nitrogens with zero attached hydrogens (tertiary/aromatic N) is 6. The molecule has 0 aliphatic carbocycles. The Bertz CT molecular complexity index is 717. The Morgan fingerprint density at radius 1 is 1.25 bits per heavy atom. The van der Waals surface area contributed by atoms with Gasteiger partial charge in [0.1, 0.15) is 18.5 Å². The summed E-state index contributed by atoms with van der Waals surface area (Å²) in [6, 6.07) is 9.14. The number of carbonyl (C=O) groups excluding carboxylic acids is 1. The smallest absolute Gasteiger partial charge is 0.243 e. The summed E-state index contributed by atoms with van der Waals surface area (Å²) in [5.41, 5.74) is 0.868. The molecule has 0 aliphatic rings. The zero-order valence-corrected chi connectivity index (χ0v) is 10.8. The third-order valence-corrected chi connectivity index (χ3v) is 2.82. The maximum atomic E-state index is 12.3. The van der Waals surface area contributed by atoms with Crippen LogP contribution in [0.4, 0.5) is 4.79 Å². The van der Waals surface area contributed by atoms with E-state index < -0.39 is 6.03 Å². The van der Waals surface area contributed by atoms with Crippen LogP contribution in [0, 0.1) is 0 Å². The average Bonchev–Trinajstić information content (AvgIpc) is 3.17. The van der Waals surface area contributed by atoms with Gasteiger partial charge in [-0.25, -0.2) is 14.8 Å². The van der Waals surface area contributed by atoms with Gasteiger partial charge in [0.05, 0.1) is 0 Å². The van der Waals surface area contributed by atoms with Crippen molar-refractivity contribution in [1.82, 2.24) is 29.5 Å². The quantitative estimate of drug-likeness (QED) is 0.705. The number of aryl methyl sites for hydroxylation is 1. The van der Waals surface area contributed by atoms with Crippen LogP contribution in [0.15, 0.2) is 43.0 Å². The van der Waals surface area contributed by atoms with Crippen molar-refractivity contribution in [2.24, 2.45) is 0 Å². The van der Waals surface area contributed by atoms with Crippen molar-refractivity contribution < 1.29 is 4.79 Å². The number of hydrogen-bond acceptors (Lipinski definition) is 5. The Kier molecular flexibility index (Phi) is 3.08. The molecule has 0 N–H and O–H groups in total. The van der Waals surface area contributed by atoms with Gasteiger partial charge in [0.25, 0.3) is 0 Å². The van der Waals surface area contributed by atoms with Gasteiger partial charge in [0, 0.05) is 12.0 Å². The molecule has 100 valence electrons. The van der Waals surface area contributed by atoms with Crippen LogP contribution >= 0.6 is 0 Å². The maximum absolute atomic E-state index is 12.3. The molecule has 2 aromatic heterocycles. The third-order valence-electron chi connectivity index (χ3n) is 2.82. The standard InChI is InChI=1S/C13H12N6O/c1-2-11-16-12(10-6-4-3-5-7-10)17-19(11)13(20)18-9-14-8-15-18/h3-9H,2H2,1H3. The molecule has 20 heavy (non-hydrogen) atoms. The molecule has 0 unspecified atom stereocenters. The zero-order valence-electron chi connectivity index (χ0n) is 10.8. The molecule has 0 radical (unpaired) electrons. The molecular formula is C13H12N6O. The predicted molar refractivity (Wildman–Crippen MR) is 71.1 cm³/mol. The highest BCUT2D eigenvalue weighted by Gasteiger charge is 2.17. The summed E-state index contributed by atoms with van der Waals surface area (Å²) >= 11 is 0. The summed E-state index contributed by atoms with van der Waals surface area (Å²) in [7, 11) is 0. The maximum Gasteiger partial charge on any atom is 0.372 e. The van der Waals surface area contributed by atoms with E-state index in [1.54, 1.807) is 0 Å². The summed E-state index contributed by atoms with van der Waals surface area (Å²) in [4.78, 5) is 20.4. The van der Waals surface area contributed by atoms with Crippen LogP contribution in [0.5, 0.6) is 0 Å². The molecule has 0 saturated heterocycles. The average molecular weight is 268 g/mol. The van der Waals surface area contributed by atoms with Crippen molar-refractivity contribution in [1.29, 1.82) is 0 Å². The Labute approximate surface area is 114 Å². The van der Waals surface area contributed by atoms with Gasteiger partial charge in [-0.1, -0.05) is 37.3 Å². The molecule has 3 aromatic rings. The van der Waals surface area contributed by atoms with E-state index >= 15 is 0 Å². The zero-order chi connectivity index (χ0) is 13.9. The summed E-state index contributed by atoms with van der Waals surface area (Å²) in [5, 5.41) is 8.09. The number of rotatable bonds is 2. The van der Waals surface area contributed by atoms with Crippen molar-refractivity contribution in [2.45, 2.75) is 13.3 Å². The summed E-state index contributed by atoms with van der Waals surface area (Å²) in [6.45, 7) is 1.92. The lowest BCUT2D eigenvalue weighted by Gasteiger charge is -2.00. The minimum Gasteiger partial charge on any atom is -0.243 e. The second-order valence-corrected chi connectivity index (χ2v) is 4.11. The van der Waals surface area contributed by atoms with Gasteiger partial charge >= 0.3 is 6.03 Å². The Balaban J connectivity index is 2.04. The lowest BCUT2D eigenvalue weighted by molar-refractivity contribution is 0.237. The molecule has 0 aliphatic heterocycles. The van der Waals surface area contributed by atoms with E-state index in [1.807, 2.05) is 37.3 Å². The lowest BCUT2D eigenvalue weighted by Crippen LogP contribution is -2.23. The largest absolute Gasteiger partial charge is 0.372 e. The first-order chi connectivity index (χ1) is 9.79. The lowest BCUT2D eigenvalue weighted by atomic mass is 10.2. The van der Waals surface area contributed by atoms with E-state index in [2.05, 4.69) is 20.2 Å². The first kappa shape index (κ1) is 12.2. The fourth-order valence-electron chi connectivity index (χ4n) is 1.84. The molecule has 1 aromatic carbocycles. The van der Waals surface area contributed by atoms with E-state index in [-0.39, 0.29) is 0 Å². The highest BCUT2D eigenvalue weighted by Crippen LogP contribution is 2.15. The van der Waals surface area contributed by atoms with Gasteiger partial charge < -0.3 is 0 Å². The molecule has 0 bridgehead atoms. The van der Waals surface area contributed by atoms with Gasteiger partial charge in [0.2, 0.25) is 0 Å². The summed E-state index contributed by atoms with van der Waals surface area (Å²) in [5.74, 6) is 1.11. The van der Waals surface area contributed by atoms with Crippen LogP contribution in [0.3, 0.4) is 0 Å². The predicted octanol–water partition coefficient (Wildman–Crippen LogP) is 1.62. The number of carbonyl (C=O) groups is 1. The van der Waals surface area contributed by atoms with E-state index in [4.69, 9.17) is 0 Å². The molecule has 7 heteroatoms. The third kappa shape index (κ3) is 2.09. The van der Waals surface area contributed by atoms with Crippen molar-refractivity contribution in [3.8, 4) is 11.4 Å². The number of hydrogen-bond donors (Lipinski definition) is 0. The molecule has 2 heterocycles. The second kappa shape index (κ2) is 5.04. The molecule has 0 spiro atoms. The summed E-state index contributed by atoms with van der Waals surface area (Å²) < 4.78 is 2.39. The highest BCUT2D eigenvalue weighted by atomic mass is 16.2. The normalized spacial score (nSPS) is 10.7. The number of benzene rings is 1. The van der Waals surface area contributed by atoms with Crippen LogP contribution in [0.25, 0.3) is 11.4 Å². The minimum absolute atomic E-state index is 0.394. The first-order valence-corrected chi connectivity index (χ1v) is 6.20.